The van der Waals surface area contributed by atoms with Crippen molar-refractivity contribution in [2.45, 2.75) is 35.9 Å². The maximum atomic E-state index is 12.0. The van der Waals surface area contributed by atoms with Gasteiger partial charge in [0.2, 0.25) is 0 Å². The van der Waals surface area contributed by atoms with E-state index in [0.29, 0.717) is 0 Å². The molecule has 1 aliphatic carbocycles. The predicted molar refractivity (Wildman–Crippen MR) is 61.7 cm³/mol. The Morgan fingerprint density at radius 2 is 2.24 bits per heavy atom. The van der Waals surface area contributed by atoms with Gasteiger partial charge in [0.25, 0.3) is 10.0 Å². The summed E-state index contributed by atoms with van der Waals surface area (Å²) in [6.45, 7) is 1.82. The minimum absolute atomic E-state index is 0.224. The minimum Gasteiger partial charge on any atom is -0.476 e. The SMILES string of the molecule is CC1(NS(=O)(=O)c2scnc2C(=O)O)CCC1. The second-order valence-electron chi connectivity index (χ2n) is 4.31. The molecule has 0 saturated heterocycles. The summed E-state index contributed by atoms with van der Waals surface area (Å²) in [7, 11) is -3.79. The first-order chi connectivity index (χ1) is 7.84. The number of hydrogen-bond acceptors (Lipinski definition) is 5. The lowest BCUT2D eigenvalue weighted by Gasteiger charge is -2.38. The number of hydrogen-bond donors (Lipinski definition) is 2. The van der Waals surface area contributed by atoms with E-state index in [2.05, 4.69) is 9.71 Å². The molecule has 1 saturated carbocycles. The summed E-state index contributed by atoms with van der Waals surface area (Å²) in [4.78, 5) is 14.4. The van der Waals surface area contributed by atoms with Crippen LogP contribution < -0.4 is 4.72 Å². The van der Waals surface area contributed by atoms with Gasteiger partial charge in [-0.05, 0) is 26.2 Å². The van der Waals surface area contributed by atoms with Crippen LogP contribution in [0.5, 0.6) is 0 Å². The molecule has 17 heavy (non-hydrogen) atoms. The van der Waals surface area contributed by atoms with E-state index in [1.165, 1.54) is 5.51 Å². The predicted octanol–water partition coefficient (Wildman–Crippen LogP) is 1.06. The van der Waals surface area contributed by atoms with Gasteiger partial charge in [-0.2, -0.15) is 0 Å². The Morgan fingerprint density at radius 1 is 1.59 bits per heavy atom. The molecular formula is C9H12N2O4S2. The number of carboxylic acids is 1. The number of nitrogens with one attached hydrogen (secondary N) is 1. The summed E-state index contributed by atoms with van der Waals surface area (Å²) in [5, 5.41) is 8.84. The van der Waals surface area contributed by atoms with Crippen molar-refractivity contribution < 1.29 is 18.3 Å². The van der Waals surface area contributed by atoms with Gasteiger partial charge >= 0.3 is 5.97 Å². The minimum atomic E-state index is -3.79. The lowest BCUT2D eigenvalue weighted by Crippen LogP contribution is -2.50. The number of carboxylic acid groups (broad SMARTS) is 1. The summed E-state index contributed by atoms with van der Waals surface area (Å²) in [5.74, 6) is -1.33. The molecule has 0 amide bonds. The third kappa shape index (κ3) is 2.33. The lowest BCUT2D eigenvalue weighted by atomic mass is 9.80. The number of nitrogens with zero attached hydrogens (tertiary/aromatic N) is 1. The van der Waals surface area contributed by atoms with Gasteiger partial charge in [0.1, 0.15) is 0 Å². The normalized spacial score (nSPS) is 18.6. The van der Waals surface area contributed by atoms with Crippen molar-refractivity contribution >= 4 is 27.3 Å². The highest BCUT2D eigenvalue weighted by molar-refractivity contribution is 7.91. The van der Waals surface area contributed by atoms with Crippen LogP contribution in [0.2, 0.25) is 0 Å². The standard InChI is InChI=1S/C9H12N2O4S2/c1-9(3-2-4-9)11-17(14,15)8-6(7(12)13)10-5-16-8/h5,11H,2-4H2,1H3,(H,12,13). The average Bonchev–Trinajstić information content (AvgIpc) is 2.63. The quantitative estimate of drug-likeness (QED) is 0.857. The molecule has 0 radical (unpaired) electrons. The zero-order valence-corrected chi connectivity index (χ0v) is 10.8. The Kier molecular flexibility index (Phi) is 2.96. The summed E-state index contributed by atoms with van der Waals surface area (Å²) in [6, 6.07) is 0. The maximum Gasteiger partial charge on any atom is 0.356 e. The summed E-state index contributed by atoms with van der Waals surface area (Å²) >= 11 is 0.818. The topological polar surface area (TPSA) is 96.4 Å². The fourth-order valence-electron chi connectivity index (χ4n) is 1.75. The lowest BCUT2D eigenvalue weighted by molar-refractivity contribution is 0.0687. The second-order valence-corrected chi connectivity index (χ2v) is 7.05. The summed E-state index contributed by atoms with van der Waals surface area (Å²) in [6.07, 6.45) is 2.52. The van der Waals surface area contributed by atoms with Crippen molar-refractivity contribution in [3.05, 3.63) is 11.2 Å². The molecule has 6 nitrogen and oxygen atoms in total. The van der Waals surface area contributed by atoms with Crippen molar-refractivity contribution in [3.63, 3.8) is 0 Å². The molecule has 0 spiro atoms. The number of sulfonamides is 1. The number of aromatic nitrogens is 1. The number of aromatic carboxylic acids is 1. The van der Waals surface area contributed by atoms with Gasteiger partial charge in [0.05, 0.1) is 5.51 Å². The van der Waals surface area contributed by atoms with Crippen molar-refractivity contribution in [1.29, 1.82) is 0 Å². The van der Waals surface area contributed by atoms with Crippen LogP contribution >= 0.6 is 11.3 Å². The van der Waals surface area contributed by atoms with Gasteiger partial charge in [0, 0.05) is 5.54 Å². The van der Waals surface area contributed by atoms with Gasteiger partial charge in [-0.15, -0.1) is 11.3 Å². The Hall–Kier alpha value is -0.990. The van der Waals surface area contributed by atoms with Crippen LogP contribution in [0, 0.1) is 0 Å². The van der Waals surface area contributed by atoms with Gasteiger partial charge in [-0.25, -0.2) is 22.9 Å². The van der Waals surface area contributed by atoms with Crippen LogP contribution in [0.25, 0.3) is 0 Å². The monoisotopic (exact) mass is 276 g/mol. The number of thiazole rings is 1. The molecular weight excluding hydrogens is 264 g/mol. The Balaban J connectivity index is 2.31. The third-order valence-electron chi connectivity index (χ3n) is 2.82. The van der Waals surface area contributed by atoms with Crippen LogP contribution in [-0.4, -0.2) is 30.0 Å². The third-order valence-corrected chi connectivity index (χ3v) is 5.83. The highest BCUT2D eigenvalue weighted by Crippen LogP contribution is 2.33. The van der Waals surface area contributed by atoms with Crippen molar-refractivity contribution in [1.82, 2.24) is 9.71 Å². The van der Waals surface area contributed by atoms with E-state index in [9.17, 15) is 13.2 Å². The molecule has 0 atom stereocenters. The molecule has 8 heteroatoms. The van der Waals surface area contributed by atoms with E-state index in [-0.39, 0.29) is 4.21 Å². The fraction of sp³-hybridized carbons (Fsp3) is 0.556. The molecule has 94 valence electrons. The smallest absolute Gasteiger partial charge is 0.356 e. The molecule has 0 unspecified atom stereocenters. The largest absolute Gasteiger partial charge is 0.476 e. The van der Waals surface area contributed by atoms with Crippen LogP contribution in [0.15, 0.2) is 9.72 Å². The van der Waals surface area contributed by atoms with Crippen LogP contribution in [0.1, 0.15) is 36.7 Å². The Bertz CT molecular complexity index is 545. The van der Waals surface area contributed by atoms with E-state index in [1.54, 1.807) is 0 Å². The second kappa shape index (κ2) is 4.04. The van der Waals surface area contributed by atoms with E-state index >= 15 is 0 Å². The highest BCUT2D eigenvalue weighted by Gasteiger charge is 2.38. The summed E-state index contributed by atoms with van der Waals surface area (Å²) in [5.41, 5.74) is 0.366. The molecule has 0 bridgehead atoms. The van der Waals surface area contributed by atoms with Crippen LogP contribution in [0.4, 0.5) is 0 Å². The van der Waals surface area contributed by atoms with Crippen molar-refractivity contribution in [2.24, 2.45) is 0 Å². The summed E-state index contributed by atoms with van der Waals surface area (Å²) < 4.78 is 26.4. The van der Waals surface area contributed by atoms with Crippen LogP contribution in [0.3, 0.4) is 0 Å². The van der Waals surface area contributed by atoms with Gasteiger partial charge < -0.3 is 5.11 Å². The molecule has 1 fully saturated rings. The van der Waals surface area contributed by atoms with Gasteiger partial charge in [0.15, 0.2) is 9.90 Å². The molecule has 0 aliphatic heterocycles. The first kappa shape index (κ1) is 12.5. The first-order valence-corrected chi connectivity index (χ1v) is 7.41. The van der Waals surface area contributed by atoms with E-state index < -0.39 is 27.2 Å². The fourth-order valence-corrected chi connectivity index (χ4v) is 4.35. The molecule has 1 aromatic rings. The zero-order valence-electron chi connectivity index (χ0n) is 9.13. The Labute approximate surface area is 103 Å². The number of carbonyl (C=O) groups is 1. The van der Waals surface area contributed by atoms with Gasteiger partial charge in [-0.1, -0.05) is 0 Å². The highest BCUT2D eigenvalue weighted by atomic mass is 32.2. The van der Waals surface area contributed by atoms with Crippen molar-refractivity contribution in [3.8, 4) is 0 Å². The van der Waals surface area contributed by atoms with Crippen molar-refractivity contribution in [2.75, 3.05) is 0 Å². The average molecular weight is 276 g/mol. The van der Waals surface area contributed by atoms with Crippen LogP contribution in [-0.2, 0) is 10.0 Å². The number of rotatable bonds is 4. The molecule has 1 aromatic heterocycles. The van der Waals surface area contributed by atoms with Gasteiger partial charge in [-0.3, -0.25) is 0 Å². The first-order valence-electron chi connectivity index (χ1n) is 5.05. The molecule has 2 N–H and O–H groups in total. The molecule has 1 heterocycles. The molecule has 0 aromatic carbocycles. The van der Waals surface area contributed by atoms with E-state index in [1.807, 2.05) is 6.92 Å². The zero-order chi connectivity index (χ0) is 12.7. The Morgan fingerprint density at radius 3 is 2.71 bits per heavy atom. The molecule has 2 rings (SSSR count). The van der Waals surface area contributed by atoms with E-state index in [0.717, 1.165) is 30.6 Å². The van der Waals surface area contributed by atoms with E-state index in [4.69, 9.17) is 5.11 Å². The molecule has 1 aliphatic rings. The maximum absolute atomic E-state index is 12.0.